The van der Waals surface area contributed by atoms with Crippen LogP contribution in [0.2, 0.25) is 0 Å². The highest BCUT2D eigenvalue weighted by Crippen LogP contribution is 2.32. The smallest absolute Gasteiger partial charge is 0.231 e. The second-order valence-corrected chi connectivity index (χ2v) is 4.58. The molecule has 0 amide bonds. The molecule has 0 saturated heterocycles. The van der Waals surface area contributed by atoms with Gasteiger partial charge in [-0.1, -0.05) is 0 Å². The van der Waals surface area contributed by atoms with Gasteiger partial charge in [-0.3, -0.25) is 9.69 Å². The van der Waals surface area contributed by atoms with Crippen LogP contribution in [0.1, 0.15) is 16.8 Å². The first-order valence-corrected chi connectivity index (χ1v) is 6.31. The topological polar surface area (TPSA) is 48.0 Å². The zero-order valence-electron chi connectivity index (χ0n) is 11.3. The molecule has 0 aromatic heterocycles. The number of methoxy groups -OCH3 is 1. The van der Waals surface area contributed by atoms with Crippen molar-refractivity contribution in [1.82, 2.24) is 4.90 Å². The van der Waals surface area contributed by atoms with E-state index in [-0.39, 0.29) is 12.6 Å². The highest BCUT2D eigenvalue weighted by Gasteiger charge is 2.16. The van der Waals surface area contributed by atoms with Crippen molar-refractivity contribution in [2.75, 3.05) is 40.6 Å². The molecule has 1 aromatic carbocycles. The summed E-state index contributed by atoms with van der Waals surface area (Å²) in [6.07, 6.45) is 0.918. The van der Waals surface area contributed by atoms with Crippen LogP contribution in [-0.4, -0.2) is 51.3 Å². The van der Waals surface area contributed by atoms with Crippen molar-refractivity contribution in [2.24, 2.45) is 0 Å². The molecular weight excluding hydrogens is 246 g/mol. The first kappa shape index (κ1) is 13.8. The fourth-order valence-corrected chi connectivity index (χ4v) is 1.96. The summed E-state index contributed by atoms with van der Waals surface area (Å²) in [4.78, 5) is 14.1. The Morgan fingerprint density at radius 1 is 1.37 bits per heavy atom. The summed E-state index contributed by atoms with van der Waals surface area (Å²) < 4.78 is 15.5. The molecule has 1 aliphatic heterocycles. The molecule has 19 heavy (non-hydrogen) atoms. The predicted octanol–water partition coefficient (Wildman–Crippen LogP) is 1.57. The SMILES string of the molecule is COCCCN(C)CC(=O)c1ccc2c(c1)OCO2. The number of Topliss-reactive ketones (excluding diaryl/α,β-unsaturated/α-hetero) is 1. The predicted molar refractivity (Wildman–Crippen MR) is 70.9 cm³/mol. The molecule has 0 saturated carbocycles. The van der Waals surface area contributed by atoms with Gasteiger partial charge in [0.05, 0.1) is 6.54 Å². The molecule has 0 atom stereocenters. The lowest BCUT2D eigenvalue weighted by Gasteiger charge is -2.15. The third-order valence-corrected chi connectivity index (χ3v) is 3.00. The number of carbonyl (C=O) groups excluding carboxylic acids is 1. The van der Waals surface area contributed by atoms with Gasteiger partial charge in [-0.25, -0.2) is 0 Å². The Bertz CT molecular complexity index is 447. The molecule has 5 nitrogen and oxygen atoms in total. The third kappa shape index (κ3) is 3.68. The zero-order valence-corrected chi connectivity index (χ0v) is 11.3. The van der Waals surface area contributed by atoms with Crippen molar-refractivity contribution in [3.8, 4) is 11.5 Å². The van der Waals surface area contributed by atoms with E-state index in [1.807, 2.05) is 11.9 Å². The molecule has 0 radical (unpaired) electrons. The van der Waals surface area contributed by atoms with E-state index >= 15 is 0 Å². The first-order chi connectivity index (χ1) is 9.20. The molecule has 0 spiro atoms. The van der Waals surface area contributed by atoms with Gasteiger partial charge >= 0.3 is 0 Å². The summed E-state index contributed by atoms with van der Waals surface area (Å²) in [7, 11) is 3.61. The van der Waals surface area contributed by atoms with Gasteiger partial charge in [0, 0.05) is 25.8 Å². The van der Waals surface area contributed by atoms with Gasteiger partial charge in [-0.05, 0) is 31.7 Å². The number of fused-ring (bicyclic) bond motifs is 1. The van der Waals surface area contributed by atoms with E-state index in [0.717, 1.165) is 13.0 Å². The van der Waals surface area contributed by atoms with Gasteiger partial charge in [-0.2, -0.15) is 0 Å². The van der Waals surface area contributed by atoms with Crippen LogP contribution >= 0.6 is 0 Å². The second-order valence-electron chi connectivity index (χ2n) is 4.58. The van der Waals surface area contributed by atoms with E-state index in [1.165, 1.54) is 0 Å². The average molecular weight is 265 g/mol. The summed E-state index contributed by atoms with van der Waals surface area (Å²) >= 11 is 0. The number of benzene rings is 1. The minimum absolute atomic E-state index is 0.0817. The third-order valence-electron chi connectivity index (χ3n) is 3.00. The molecule has 0 fully saturated rings. The van der Waals surface area contributed by atoms with Gasteiger partial charge in [0.15, 0.2) is 17.3 Å². The second kappa shape index (κ2) is 6.54. The average Bonchev–Trinajstić information content (AvgIpc) is 2.86. The number of hydrogen-bond donors (Lipinski definition) is 0. The Kier molecular flexibility index (Phi) is 4.76. The summed E-state index contributed by atoms with van der Waals surface area (Å²) in [6, 6.07) is 5.30. The maximum absolute atomic E-state index is 12.1. The molecule has 1 aliphatic rings. The number of ketones is 1. The van der Waals surface area contributed by atoms with Crippen LogP contribution < -0.4 is 9.47 Å². The number of ether oxygens (including phenoxy) is 3. The molecule has 5 heteroatoms. The molecule has 0 unspecified atom stereocenters. The van der Waals surface area contributed by atoms with Crippen molar-refractivity contribution >= 4 is 5.78 Å². The molecular formula is C14H19NO4. The lowest BCUT2D eigenvalue weighted by atomic mass is 10.1. The molecule has 1 heterocycles. The van der Waals surface area contributed by atoms with Crippen molar-refractivity contribution in [2.45, 2.75) is 6.42 Å². The standard InChI is InChI=1S/C14H19NO4/c1-15(6-3-7-17-2)9-12(16)11-4-5-13-14(8-11)19-10-18-13/h4-5,8H,3,6-7,9-10H2,1-2H3. The lowest BCUT2D eigenvalue weighted by Crippen LogP contribution is -2.27. The Balaban J connectivity index is 1.89. The maximum Gasteiger partial charge on any atom is 0.231 e. The van der Waals surface area contributed by atoms with E-state index in [9.17, 15) is 4.79 Å². The fraction of sp³-hybridized carbons (Fsp3) is 0.500. The molecule has 0 aliphatic carbocycles. The van der Waals surface area contributed by atoms with Crippen molar-refractivity contribution in [1.29, 1.82) is 0 Å². The molecule has 2 rings (SSSR count). The minimum atomic E-state index is 0.0817. The Hall–Kier alpha value is -1.59. The molecule has 1 aromatic rings. The lowest BCUT2D eigenvalue weighted by molar-refractivity contribution is 0.0938. The fourth-order valence-electron chi connectivity index (χ4n) is 1.96. The summed E-state index contributed by atoms with van der Waals surface area (Å²) in [5.74, 6) is 1.43. The van der Waals surface area contributed by atoms with Crippen LogP contribution in [0, 0.1) is 0 Å². The quantitative estimate of drug-likeness (QED) is 0.553. The number of rotatable bonds is 7. The monoisotopic (exact) mass is 265 g/mol. The van der Waals surface area contributed by atoms with Crippen LogP contribution in [0.25, 0.3) is 0 Å². The van der Waals surface area contributed by atoms with Crippen LogP contribution in [0.4, 0.5) is 0 Å². The molecule has 0 bridgehead atoms. The minimum Gasteiger partial charge on any atom is -0.454 e. The highest BCUT2D eigenvalue weighted by atomic mass is 16.7. The van der Waals surface area contributed by atoms with Crippen LogP contribution in [-0.2, 0) is 4.74 Å². The Labute approximate surface area is 113 Å². The maximum atomic E-state index is 12.1. The van der Waals surface area contributed by atoms with Gasteiger partial charge in [0.1, 0.15) is 0 Å². The normalized spacial score (nSPS) is 13.0. The number of carbonyl (C=O) groups is 1. The number of nitrogens with zero attached hydrogens (tertiary/aromatic N) is 1. The Morgan fingerprint density at radius 2 is 2.16 bits per heavy atom. The largest absolute Gasteiger partial charge is 0.454 e. The molecule has 0 N–H and O–H groups in total. The van der Waals surface area contributed by atoms with Gasteiger partial charge in [-0.15, -0.1) is 0 Å². The van der Waals surface area contributed by atoms with Crippen molar-refractivity contribution < 1.29 is 19.0 Å². The van der Waals surface area contributed by atoms with E-state index in [2.05, 4.69) is 0 Å². The van der Waals surface area contributed by atoms with E-state index < -0.39 is 0 Å². The van der Waals surface area contributed by atoms with Crippen LogP contribution in [0.5, 0.6) is 11.5 Å². The van der Waals surface area contributed by atoms with Gasteiger partial charge < -0.3 is 14.2 Å². The van der Waals surface area contributed by atoms with Crippen LogP contribution in [0.3, 0.4) is 0 Å². The van der Waals surface area contributed by atoms with Gasteiger partial charge in [0.2, 0.25) is 6.79 Å². The van der Waals surface area contributed by atoms with Crippen molar-refractivity contribution in [3.63, 3.8) is 0 Å². The first-order valence-electron chi connectivity index (χ1n) is 6.31. The van der Waals surface area contributed by atoms with Gasteiger partial charge in [0.25, 0.3) is 0 Å². The van der Waals surface area contributed by atoms with E-state index in [0.29, 0.717) is 30.2 Å². The summed E-state index contributed by atoms with van der Waals surface area (Å²) in [5.41, 5.74) is 0.655. The van der Waals surface area contributed by atoms with E-state index in [4.69, 9.17) is 14.2 Å². The highest BCUT2D eigenvalue weighted by molar-refractivity contribution is 5.98. The van der Waals surface area contributed by atoms with Crippen LogP contribution in [0.15, 0.2) is 18.2 Å². The van der Waals surface area contributed by atoms with Crippen molar-refractivity contribution in [3.05, 3.63) is 23.8 Å². The zero-order chi connectivity index (χ0) is 13.7. The van der Waals surface area contributed by atoms with E-state index in [1.54, 1.807) is 25.3 Å². The number of hydrogen-bond acceptors (Lipinski definition) is 5. The summed E-state index contributed by atoms with van der Waals surface area (Å²) in [6.45, 7) is 2.17. The molecule has 104 valence electrons. The summed E-state index contributed by atoms with van der Waals surface area (Å²) in [5, 5.41) is 0. The number of likely N-dealkylation sites (N-methyl/N-ethyl adjacent to an activating group) is 1. The Morgan fingerprint density at radius 3 is 2.95 bits per heavy atom.